The van der Waals surface area contributed by atoms with Gasteiger partial charge in [-0.2, -0.15) is 4.98 Å². The Morgan fingerprint density at radius 3 is 2.68 bits per heavy atom. The monoisotopic (exact) mass is 302 g/mol. The van der Waals surface area contributed by atoms with E-state index in [0.29, 0.717) is 5.82 Å². The summed E-state index contributed by atoms with van der Waals surface area (Å²) in [5, 5.41) is 14.2. The summed E-state index contributed by atoms with van der Waals surface area (Å²) in [4.78, 5) is 26.7. The van der Waals surface area contributed by atoms with Gasteiger partial charge in [-0.3, -0.25) is 10.1 Å². The first-order valence-corrected chi connectivity index (χ1v) is 6.76. The van der Waals surface area contributed by atoms with Gasteiger partial charge in [0.2, 0.25) is 5.82 Å². The molecule has 22 heavy (non-hydrogen) atoms. The molecular formula is C13H14N6O3. The Morgan fingerprint density at radius 2 is 2.05 bits per heavy atom. The van der Waals surface area contributed by atoms with Gasteiger partial charge in [0.1, 0.15) is 17.8 Å². The van der Waals surface area contributed by atoms with Crippen LogP contribution < -0.4 is 10.1 Å². The first kappa shape index (κ1) is 14.1. The third kappa shape index (κ3) is 3.08. The molecule has 0 atom stereocenters. The number of nitro groups is 1. The molecule has 3 rings (SSSR count). The van der Waals surface area contributed by atoms with Crippen LogP contribution in [0.25, 0.3) is 0 Å². The third-order valence-electron chi connectivity index (χ3n) is 3.30. The Balaban J connectivity index is 1.83. The SMILES string of the molecule is CC1(Oc2ncnc(NCc3ncccn3)c2[N+](=O)[O-])CC1. The average Bonchev–Trinajstić information content (AvgIpc) is 3.23. The molecule has 0 saturated heterocycles. The van der Waals surface area contributed by atoms with E-state index in [9.17, 15) is 10.1 Å². The summed E-state index contributed by atoms with van der Waals surface area (Å²) in [7, 11) is 0. The van der Waals surface area contributed by atoms with Crippen molar-refractivity contribution >= 4 is 11.5 Å². The molecule has 2 aromatic heterocycles. The molecule has 9 nitrogen and oxygen atoms in total. The summed E-state index contributed by atoms with van der Waals surface area (Å²) in [6.07, 6.45) is 6.15. The molecule has 1 aliphatic rings. The number of nitrogens with one attached hydrogen (secondary N) is 1. The van der Waals surface area contributed by atoms with Gasteiger partial charge in [0, 0.05) is 12.4 Å². The highest BCUT2D eigenvalue weighted by atomic mass is 16.6. The quantitative estimate of drug-likeness (QED) is 0.633. The molecule has 0 aromatic carbocycles. The molecule has 1 N–H and O–H groups in total. The van der Waals surface area contributed by atoms with E-state index in [2.05, 4.69) is 25.3 Å². The molecule has 1 aliphatic carbocycles. The largest absolute Gasteiger partial charge is 0.466 e. The lowest BCUT2D eigenvalue weighted by atomic mass is 10.4. The van der Waals surface area contributed by atoms with Gasteiger partial charge in [0.05, 0.1) is 11.5 Å². The lowest BCUT2D eigenvalue weighted by Crippen LogP contribution is -2.16. The highest BCUT2D eigenvalue weighted by Gasteiger charge is 2.42. The van der Waals surface area contributed by atoms with Crippen LogP contribution in [0, 0.1) is 10.1 Å². The van der Waals surface area contributed by atoms with Crippen LogP contribution >= 0.6 is 0 Å². The average molecular weight is 302 g/mol. The Morgan fingerprint density at radius 1 is 1.32 bits per heavy atom. The molecular weight excluding hydrogens is 288 g/mol. The number of aromatic nitrogens is 4. The van der Waals surface area contributed by atoms with Crippen molar-refractivity contribution in [2.45, 2.75) is 31.9 Å². The Hall–Kier alpha value is -2.84. The topological polar surface area (TPSA) is 116 Å². The van der Waals surface area contributed by atoms with Crippen LogP contribution in [-0.4, -0.2) is 30.5 Å². The summed E-state index contributed by atoms with van der Waals surface area (Å²) in [6.45, 7) is 2.11. The zero-order valence-corrected chi connectivity index (χ0v) is 11.9. The Labute approximate surface area is 126 Å². The lowest BCUT2D eigenvalue weighted by molar-refractivity contribution is -0.385. The second kappa shape index (κ2) is 5.51. The van der Waals surface area contributed by atoms with Crippen LogP contribution in [-0.2, 0) is 6.54 Å². The minimum absolute atomic E-state index is 0.0171. The van der Waals surface area contributed by atoms with Gasteiger partial charge < -0.3 is 10.1 Å². The Bertz CT molecular complexity index is 689. The fraction of sp³-hybridized carbons (Fsp3) is 0.385. The van der Waals surface area contributed by atoms with Crippen LogP contribution in [0.2, 0.25) is 0 Å². The van der Waals surface area contributed by atoms with Crippen molar-refractivity contribution in [1.82, 2.24) is 19.9 Å². The fourth-order valence-corrected chi connectivity index (χ4v) is 1.83. The van der Waals surface area contributed by atoms with Gasteiger partial charge >= 0.3 is 5.69 Å². The number of rotatable bonds is 6. The number of ether oxygens (including phenoxy) is 1. The normalized spacial score (nSPS) is 15.1. The smallest absolute Gasteiger partial charge is 0.372 e. The van der Waals surface area contributed by atoms with E-state index in [1.165, 1.54) is 6.33 Å². The number of hydrogen-bond donors (Lipinski definition) is 1. The van der Waals surface area contributed by atoms with Gasteiger partial charge in [-0.15, -0.1) is 0 Å². The van der Waals surface area contributed by atoms with E-state index in [1.807, 2.05) is 6.92 Å². The number of hydrogen-bond acceptors (Lipinski definition) is 8. The number of anilines is 1. The molecule has 0 radical (unpaired) electrons. The standard InChI is InChI=1S/C13H14N6O3/c1-13(3-4-13)22-12-10(19(20)21)11(17-8-18-12)16-7-9-14-5-2-6-15-9/h2,5-6,8H,3-4,7H2,1H3,(H,16,17,18). The minimum Gasteiger partial charge on any atom is -0.466 e. The Kier molecular flexibility index (Phi) is 3.53. The molecule has 2 aromatic rings. The summed E-state index contributed by atoms with van der Waals surface area (Å²) >= 11 is 0. The molecule has 2 heterocycles. The maximum atomic E-state index is 11.3. The molecule has 0 aliphatic heterocycles. The molecule has 9 heteroatoms. The van der Waals surface area contributed by atoms with Crippen molar-refractivity contribution in [2.75, 3.05) is 5.32 Å². The summed E-state index contributed by atoms with van der Waals surface area (Å²) in [5.41, 5.74) is -0.634. The predicted molar refractivity (Wildman–Crippen MR) is 76.3 cm³/mol. The van der Waals surface area contributed by atoms with E-state index < -0.39 is 4.92 Å². The van der Waals surface area contributed by atoms with Crippen molar-refractivity contribution in [3.63, 3.8) is 0 Å². The van der Waals surface area contributed by atoms with Gasteiger partial charge in [-0.1, -0.05) is 0 Å². The second-order valence-electron chi connectivity index (χ2n) is 5.20. The van der Waals surface area contributed by atoms with E-state index in [0.717, 1.165) is 12.8 Å². The highest BCUT2D eigenvalue weighted by Crippen LogP contribution is 2.42. The van der Waals surface area contributed by atoms with Gasteiger partial charge in [0.15, 0.2) is 0 Å². The maximum absolute atomic E-state index is 11.3. The molecule has 0 unspecified atom stereocenters. The van der Waals surface area contributed by atoms with E-state index in [-0.39, 0.29) is 29.5 Å². The minimum atomic E-state index is -0.546. The van der Waals surface area contributed by atoms with Crippen molar-refractivity contribution < 1.29 is 9.66 Å². The molecule has 0 amide bonds. The second-order valence-corrected chi connectivity index (χ2v) is 5.20. The first-order chi connectivity index (χ1) is 10.6. The zero-order valence-electron chi connectivity index (χ0n) is 11.9. The first-order valence-electron chi connectivity index (χ1n) is 6.76. The van der Waals surface area contributed by atoms with Crippen LogP contribution in [0.5, 0.6) is 5.88 Å². The molecule has 0 spiro atoms. The van der Waals surface area contributed by atoms with Gasteiger partial charge in [-0.05, 0) is 25.8 Å². The summed E-state index contributed by atoms with van der Waals surface area (Å²) in [6, 6.07) is 1.69. The third-order valence-corrected chi connectivity index (χ3v) is 3.30. The maximum Gasteiger partial charge on any atom is 0.372 e. The van der Waals surface area contributed by atoms with Crippen molar-refractivity contribution in [2.24, 2.45) is 0 Å². The van der Waals surface area contributed by atoms with Gasteiger partial charge in [-0.25, -0.2) is 15.0 Å². The van der Waals surface area contributed by atoms with Crippen molar-refractivity contribution in [3.05, 3.63) is 40.7 Å². The zero-order chi connectivity index (χ0) is 15.6. The van der Waals surface area contributed by atoms with Crippen molar-refractivity contribution in [3.8, 4) is 5.88 Å². The van der Waals surface area contributed by atoms with Crippen LogP contribution in [0.15, 0.2) is 24.8 Å². The molecule has 1 fully saturated rings. The fourth-order valence-electron chi connectivity index (χ4n) is 1.83. The number of nitrogens with zero attached hydrogens (tertiary/aromatic N) is 5. The van der Waals surface area contributed by atoms with E-state index >= 15 is 0 Å². The van der Waals surface area contributed by atoms with E-state index in [4.69, 9.17) is 4.74 Å². The summed E-state index contributed by atoms with van der Waals surface area (Å²) < 4.78 is 5.63. The van der Waals surface area contributed by atoms with Crippen LogP contribution in [0.4, 0.5) is 11.5 Å². The summed E-state index contributed by atoms with van der Waals surface area (Å²) in [5.74, 6) is 0.579. The van der Waals surface area contributed by atoms with Crippen LogP contribution in [0.3, 0.4) is 0 Å². The molecule has 1 saturated carbocycles. The predicted octanol–water partition coefficient (Wildman–Crippen LogP) is 1.72. The van der Waals surface area contributed by atoms with Crippen molar-refractivity contribution in [1.29, 1.82) is 0 Å². The molecule has 0 bridgehead atoms. The molecule has 114 valence electrons. The van der Waals surface area contributed by atoms with E-state index in [1.54, 1.807) is 18.5 Å². The highest BCUT2D eigenvalue weighted by molar-refractivity contribution is 5.61. The van der Waals surface area contributed by atoms with Gasteiger partial charge in [0.25, 0.3) is 5.88 Å². The lowest BCUT2D eigenvalue weighted by Gasteiger charge is -2.13. The van der Waals surface area contributed by atoms with Crippen LogP contribution in [0.1, 0.15) is 25.6 Å².